The number of aliphatic hydroxyl groups is 1. The van der Waals surface area contributed by atoms with Gasteiger partial charge in [-0.05, 0) is 0 Å². The summed E-state index contributed by atoms with van der Waals surface area (Å²) < 4.78 is 4.39. The second-order valence-corrected chi connectivity index (χ2v) is 1.68. The highest BCUT2D eigenvalue weighted by Gasteiger charge is 2.26. The fourth-order valence-electron chi connectivity index (χ4n) is 0.551. The van der Waals surface area contributed by atoms with Crippen molar-refractivity contribution in [2.45, 2.75) is 12.5 Å². The van der Waals surface area contributed by atoms with E-state index in [1.54, 1.807) is 0 Å². The van der Waals surface area contributed by atoms with Crippen LogP contribution in [0.4, 0.5) is 0 Å². The summed E-state index contributed by atoms with van der Waals surface area (Å²) in [5.74, 6) is -0.238. The van der Waals surface area contributed by atoms with E-state index in [2.05, 4.69) is 11.3 Å². The molecule has 0 aliphatic carbocycles. The summed E-state index contributed by atoms with van der Waals surface area (Å²) >= 11 is 0. The largest absolute Gasteiger partial charge is 0.430 e. The number of carbonyl (C=O) groups excluding carboxylic acids is 1. The Morgan fingerprint density at radius 3 is 2.62 bits per heavy atom. The topological polar surface area (TPSA) is 46.5 Å². The second kappa shape index (κ2) is 1.59. The van der Waals surface area contributed by atoms with Crippen LogP contribution >= 0.6 is 0 Å². The summed E-state index contributed by atoms with van der Waals surface area (Å²) in [5.41, 5.74) is 0. The second-order valence-electron chi connectivity index (χ2n) is 1.68. The van der Waals surface area contributed by atoms with Crippen LogP contribution < -0.4 is 0 Å². The van der Waals surface area contributed by atoms with Crippen molar-refractivity contribution in [3.8, 4) is 0 Å². The third-order valence-corrected chi connectivity index (χ3v) is 0.938. The minimum Gasteiger partial charge on any atom is -0.430 e. The molecule has 0 aromatic rings. The third kappa shape index (κ3) is 0.721. The first kappa shape index (κ1) is 5.31. The molecule has 1 aliphatic rings. The van der Waals surface area contributed by atoms with Gasteiger partial charge in [-0.3, -0.25) is 0 Å². The Morgan fingerprint density at radius 1 is 1.88 bits per heavy atom. The maximum atomic E-state index is 10.3. The van der Waals surface area contributed by atoms with Crippen LogP contribution in [0.5, 0.6) is 0 Å². The van der Waals surface area contributed by atoms with Gasteiger partial charge in [-0.2, -0.15) is 0 Å². The molecule has 3 nitrogen and oxygen atoms in total. The minimum absolute atomic E-state index is 0.249. The van der Waals surface area contributed by atoms with Crippen molar-refractivity contribution >= 4 is 5.97 Å². The highest BCUT2D eigenvalue weighted by Crippen LogP contribution is 2.15. The zero-order valence-corrected chi connectivity index (χ0v) is 4.26. The van der Waals surface area contributed by atoms with Crippen molar-refractivity contribution in [2.75, 3.05) is 0 Å². The summed E-state index contributed by atoms with van der Waals surface area (Å²) in [6.45, 7) is 3.35. The lowest BCUT2D eigenvalue weighted by molar-refractivity contribution is -0.142. The van der Waals surface area contributed by atoms with Crippen molar-refractivity contribution in [3.05, 3.63) is 12.3 Å². The number of carbonyl (C=O) groups is 1. The smallest absolute Gasteiger partial charge is 0.340 e. The van der Waals surface area contributed by atoms with E-state index in [9.17, 15) is 4.79 Å². The summed E-state index contributed by atoms with van der Waals surface area (Å²) in [5, 5.41) is 8.63. The van der Waals surface area contributed by atoms with Crippen LogP contribution in [0.25, 0.3) is 0 Å². The Kier molecular flexibility index (Phi) is 1.06. The molecule has 0 radical (unpaired) electrons. The summed E-state index contributed by atoms with van der Waals surface area (Å²) in [6, 6.07) is 0. The van der Waals surface area contributed by atoms with E-state index >= 15 is 0 Å². The van der Waals surface area contributed by atoms with Gasteiger partial charge in [0.05, 0.1) is 0 Å². The maximum Gasteiger partial charge on any atom is 0.340 e. The fourth-order valence-corrected chi connectivity index (χ4v) is 0.551. The molecular weight excluding hydrogens is 108 g/mol. The van der Waals surface area contributed by atoms with Crippen molar-refractivity contribution < 1.29 is 14.6 Å². The highest BCUT2D eigenvalue weighted by atomic mass is 16.6. The molecule has 1 aliphatic heterocycles. The first-order chi connectivity index (χ1) is 3.70. The molecule has 0 spiro atoms. The number of cyclic esters (lactones) is 1. The van der Waals surface area contributed by atoms with Crippen LogP contribution in [0.15, 0.2) is 12.3 Å². The number of hydrogen-bond donors (Lipinski definition) is 1. The number of esters is 1. The number of aliphatic hydroxyl groups excluding tert-OH is 1. The quantitative estimate of drug-likeness (QED) is 0.444. The lowest BCUT2D eigenvalue weighted by Gasteiger charge is -1.87. The molecule has 1 rings (SSSR count). The Hall–Kier alpha value is -0.830. The molecule has 0 bridgehead atoms. The SMILES string of the molecule is C=C1CC(O)C(=O)O1. The third-order valence-electron chi connectivity index (χ3n) is 0.938. The average Bonchev–Trinajstić information content (AvgIpc) is 1.85. The van der Waals surface area contributed by atoms with E-state index in [0.29, 0.717) is 5.76 Å². The van der Waals surface area contributed by atoms with Crippen molar-refractivity contribution in [3.63, 3.8) is 0 Å². The van der Waals surface area contributed by atoms with Crippen molar-refractivity contribution in [1.82, 2.24) is 0 Å². The van der Waals surface area contributed by atoms with Crippen molar-refractivity contribution in [2.24, 2.45) is 0 Å². The predicted octanol–water partition coefficient (Wildman–Crippen LogP) is -0.192. The molecule has 1 saturated heterocycles. The van der Waals surface area contributed by atoms with Crippen molar-refractivity contribution in [1.29, 1.82) is 0 Å². The van der Waals surface area contributed by atoms with E-state index in [1.807, 2.05) is 0 Å². The Labute approximate surface area is 46.6 Å². The van der Waals surface area contributed by atoms with Gasteiger partial charge in [0.2, 0.25) is 0 Å². The fraction of sp³-hybridized carbons (Fsp3) is 0.400. The lowest BCUT2D eigenvalue weighted by atomic mass is 10.3. The summed E-state index contributed by atoms with van der Waals surface area (Å²) in [6.07, 6.45) is -0.721. The van der Waals surface area contributed by atoms with Crippen LogP contribution in [0.3, 0.4) is 0 Å². The molecule has 3 heteroatoms. The lowest BCUT2D eigenvalue weighted by Crippen LogP contribution is -2.11. The van der Waals surface area contributed by atoms with E-state index in [4.69, 9.17) is 5.11 Å². The monoisotopic (exact) mass is 114 g/mol. The first-order valence-electron chi connectivity index (χ1n) is 2.27. The van der Waals surface area contributed by atoms with Gasteiger partial charge in [0.1, 0.15) is 5.76 Å². The maximum absolute atomic E-state index is 10.3. The number of rotatable bonds is 0. The molecule has 44 valence electrons. The molecule has 1 atom stereocenters. The van der Waals surface area contributed by atoms with E-state index in [0.717, 1.165) is 0 Å². The van der Waals surface area contributed by atoms with E-state index in [-0.39, 0.29) is 6.42 Å². The molecular formula is C5H6O3. The Bertz CT molecular complexity index is 139. The molecule has 1 heterocycles. The van der Waals surface area contributed by atoms with Gasteiger partial charge in [-0.15, -0.1) is 0 Å². The predicted molar refractivity (Wildman–Crippen MR) is 25.9 cm³/mol. The zero-order valence-electron chi connectivity index (χ0n) is 4.26. The summed E-state index contributed by atoms with van der Waals surface area (Å²) in [7, 11) is 0. The molecule has 0 saturated carbocycles. The Balaban J connectivity index is 2.64. The Morgan fingerprint density at radius 2 is 2.50 bits per heavy atom. The average molecular weight is 114 g/mol. The van der Waals surface area contributed by atoms with Gasteiger partial charge < -0.3 is 9.84 Å². The van der Waals surface area contributed by atoms with Gasteiger partial charge >= 0.3 is 5.97 Å². The van der Waals surface area contributed by atoms with Crippen LogP contribution in [0.1, 0.15) is 6.42 Å². The van der Waals surface area contributed by atoms with Gasteiger partial charge in [-0.25, -0.2) is 4.79 Å². The molecule has 0 aromatic heterocycles. The molecule has 0 aromatic carbocycles. The van der Waals surface area contributed by atoms with Gasteiger partial charge in [0.25, 0.3) is 0 Å². The van der Waals surface area contributed by atoms with Gasteiger partial charge in [0, 0.05) is 6.42 Å². The highest BCUT2D eigenvalue weighted by molar-refractivity contribution is 5.78. The zero-order chi connectivity index (χ0) is 6.15. The first-order valence-corrected chi connectivity index (χ1v) is 2.27. The minimum atomic E-state index is -0.970. The standard InChI is InChI=1S/C5H6O3/c1-3-2-4(6)5(7)8-3/h4,6H,1-2H2. The number of hydrogen-bond acceptors (Lipinski definition) is 3. The van der Waals surface area contributed by atoms with E-state index in [1.165, 1.54) is 0 Å². The van der Waals surface area contributed by atoms with Crippen LogP contribution in [0.2, 0.25) is 0 Å². The normalized spacial score (nSPS) is 28.4. The molecule has 1 unspecified atom stereocenters. The van der Waals surface area contributed by atoms with E-state index < -0.39 is 12.1 Å². The van der Waals surface area contributed by atoms with Crippen LogP contribution in [-0.2, 0) is 9.53 Å². The molecule has 0 amide bonds. The molecule has 8 heavy (non-hydrogen) atoms. The van der Waals surface area contributed by atoms with Crippen LogP contribution in [0, 0.1) is 0 Å². The van der Waals surface area contributed by atoms with Gasteiger partial charge in [-0.1, -0.05) is 6.58 Å². The van der Waals surface area contributed by atoms with Gasteiger partial charge in [0.15, 0.2) is 6.10 Å². The van der Waals surface area contributed by atoms with Crippen LogP contribution in [-0.4, -0.2) is 17.2 Å². The summed E-state index contributed by atoms with van der Waals surface area (Å²) in [4.78, 5) is 10.3. The number of ether oxygens (including phenoxy) is 1. The molecule has 1 fully saturated rings. The molecule has 1 N–H and O–H groups in total.